The fourth-order valence-electron chi connectivity index (χ4n) is 3.31. The van der Waals surface area contributed by atoms with E-state index in [-0.39, 0.29) is 6.04 Å². The number of nitrogens with one attached hydrogen (secondary N) is 1. The molecular formula is C15H19BrN2. The lowest BCUT2D eigenvalue weighted by Crippen LogP contribution is -2.29. The number of rotatable bonds is 0. The SMILES string of the molecule is Cc1cc(Br)cc2c3c([nH]c12)CC(C)(C)CC3N. The standard InChI is InChI=1S/C15H19BrN2/c1-8-4-9(16)5-10-13-11(17)6-15(2,3)7-12(13)18-14(8)10/h4-5,11,18H,6-7,17H2,1-3H3. The Balaban J connectivity index is 2.30. The zero-order chi connectivity index (χ0) is 13.1. The Kier molecular flexibility index (Phi) is 2.62. The fraction of sp³-hybridized carbons (Fsp3) is 0.467. The molecule has 0 bridgehead atoms. The highest BCUT2D eigenvalue weighted by molar-refractivity contribution is 9.10. The second-order valence-corrected chi connectivity index (χ2v) is 7.23. The molecular weight excluding hydrogens is 288 g/mol. The maximum atomic E-state index is 6.40. The first kappa shape index (κ1) is 12.2. The van der Waals surface area contributed by atoms with Gasteiger partial charge in [0.2, 0.25) is 0 Å². The summed E-state index contributed by atoms with van der Waals surface area (Å²) in [6, 6.07) is 4.49. The number of H-pyrrole nitrogens is 1. The van der Waals surface area contributed by atoms with E-state index in [0.717, 1.165) is 17.3 Å². The number of nitrogens with two attached hydrogens (primary N) is 1. The van der Waals surface area contributed by atoms with Gasteiger partial charge >= 0.3 is 0 Å². The number of benzene rings is 1. The Bertz CT molecular complexity index is 625. The molecule has 0 saturated carbocycles. The van der Waals surface area contributed by atoms with Crippen molar-refractivity contribution in [3.05, 3.63) is 33.4 Å². The lowest BCUT2D eigenvalue weighted by atomic mass is 9.74. The highest BCUT2D eigenvalue weighted by Crippen LogP contribution is 2.43. The molecule has 1 aliphatic rings. The predicted molar refractivity (Wildman–Crippen MR) is 79.8 cm³/mol. The molecule has 0 saturated heterocycles. The van der Waals surface area contributed by atoms with Gasteiger partial charge in [-0.1, -0.05) is 29.8 Å². The topological polar surface area (TPSA) is 41.8 Å². The molecule has 1 aromatic carbocycles. The first-order valence-corrected chi connectivity index (χ1v) is 7.23. The number of hydrogen-bond acceptors (Lipinski definition) is 1. The third kappa shape index (κ3) is 1.81. The average molecular weight is 307 g/mol. The molecule has 3 heteroatoms. The van der Waals surface area contributed by atoms with Gasteiger partial charge in [-0.15, -0.1) is 0 Å². The summed E-state index contributed by atoms with van der Waals surface area (Å²) in [6.07, 6.45) is 2.14. The van der Waals surface area contributed by atoms with Crippen LogP contribution < -0.4 is 5.73 Å². The van der Waals surface area contributed by atoms with E-state index in [1.807, 2.05) is 0 Å². The second kappa shape index (κ2) is 3.84. The van der Waals surface area contributed by atoms with Crippen molar-refractivity contribution < 1.29 is 0 Å². The molecule has 0 spiro atoms. The van der Waals surface area contributed by atoms with Gasteiger partial charge in [-0.05, 0) is 48.4 Å². The molecule has 0 fully saturated rings. The highest BCUT2D eigenvalue weighted by Gasteiger charge is 2.33. The van der Waals surface area contributed by atoms with Gasteiger partial charge in [-0.3, -0.25) is 0 Å². The van der Waals surface area contributed by atoms with E-state index >= 15 is 0 Å². The molecule has 1 aromatic heterocycles. The summed E-state index contributed by atoms with van der Waals surface area (Å²) in [4.78, 5) is 3.60. The van der Waals surface area contributed by atoms with Gasteiger partial charge in [0.15, 0.2) is 0 Å². The Labute approximate surface area is 116 Å². The smallest absolute Gasteiger partial charge is 0.0490 e. The maximum Gasteiger partial charge on any atom is 0.0490 e. The van der Waals surface area contributed by atoms with Gasteiger partial charge in [-0.25, -0.2) is 0 Å². The normalized spacial score (nSPS) is 22.2. The van der Waals surface area contributed by atoms with Crippen LogP contribution in [-0.4, -0.2) is 4.98 Å². The van der Waals surface area contributed by atoms with Gasteiger partial charge in [-0.2, -0.15) is 0 Å². The molecule has 1 unspecified atom stereocenters. The van der Waals surface area contributed by atoms with Crippen LogP contribution in [0.1, 0.15) is 43.1 Å². The number of aryl methyl sites for hydroxylation is 1. The van der Waals surface area contributed by atoms with Crippen molar-refractivity contribution in [2.45, 2.75) is 39.7 Å². The highest BCUT2D eigenvalue weighted by atomic mass is 79.9. The predicted octanol–water partition coefficient (Wildman–Crippen LogP) is 4.21. The molecule has 2 nitrogen and oxygen atoms in total. The van der Waals surface area contributed by atoms with Crippen LogP contribution in [0.25, 0.3) is 10.9 Å². The van der Waals surface area contributed by atoms with E-state index in [0.29, 0.717) is 5.41 Å². The first-order valence-electron chi connectivity index (χ1n) is 6.43. The third-order valence-electron chi connectivity index (χ3n) is 3.99. The van der Waals surface area contributed by atoms with Crippen LogP contribution in [0.2, 0.25) is 0 Å². The molecule has 18 heavy (non-hydrogen) atoms. The van der Waals surface area contributed by atoms with Gasteiger partial charge < -0.3 is 10.7 Å². The lowest BCUT2D eigenvalue weighted by molar-refractivity contribution is 0.281. The number of aromatic amines is 1. The third-order valence-corrected chi connectivity index (χ3v) is 4.45. The Morgan fingerprint density at radius 3 is 2.83 bits per heavy atom. The summed E-state index contributed by atoms with van der Waals surface area (Å²) in [5.74, 6) is 0. The summed E-state index contributed by atoms with van der Waals surface area (Å²) in [7, 11) is 0. The molecule has 0 aliphatic heterocycles. The molecule has 96 valence electrons. The summed E-state index contributed by atoms with van der Waals surface area (Å²) in [6.45, 7) is 6.74. The van der Waals surface area contributed by atoms with E-state index in [9.17, 15) is 0 Å². The zero-order valence-corrected chi connectivity index (χ0v) is 12.7. The monoisotopic (exact) mass is 306 g/mol. The Morgan fingerprint density at radius 1 is 1.39 bits per heavy atom. The van der Waals surface area contributed by atoms with Gasteiger partial charge in [0.05, 0.1) is 0 Å². The average Bonchev–Trinajstić information content (AvgIpc) is 2.54. The van der Waals surface area contributed by atoms with Crippen LogP contribution in [0, 0.1) is 12.3 Å². The zero-order valence-electron chi connectivity index (χ0n) is 11.1. The van der Waals surface area contributed by atoms with Crippen molar-refractivity contribution in [1.29, 1.82) is 0 Å². The molecule has 1 heterocycles. The van der Waals surface area contributed by atoms with Crippen molar-refractivity contribution in [1.82, 2.24) is 4.98 Å². The molecule has 0 amide bonds. The molecule has 1 atom stereocenters. The van der Waals surface area contributed by atoms with E-state index in [1.165, 1.54) is 27.7 Å². The number of hydrogen-bond donors (Lipinski definition) is 2. The number of aromatic nitrogens is 1. The van der Waals surface area contributed by atoms with E-state index in [4.69, 9.17) is 5.73 Å². The Hall–Kier alpha value is -0.800. The van der Waals surface area contributed by atoms with E-state index < -0.39 is 0 Å². The summed E-state index contributed by atoms with van der Waals surface area (Å²) >= 11 is 3.58. The van der Waals surface area contributed by atoms with Crippen LogP contribution in [0.5, 0.6) is 0 Å². The summed E-state index contributed by atoms with van der Waals surface area (Å²) < 4.78 is 1.13. The van der Waals surface area contributed by atoms with Crippen molar-refractivity contribution in [3.8, 4) is 0 Å². The van der Waals surface area contributed by atoms with Crippen LogP contribution in [-0.2, 0) is 6.42 Å². The minimum atomic E-state index is 0.145. The Morgan fingerprint density at radius 2 is 2.11 bits per heavy atom. The summed E-state index contributed by atoms with van der Waals surface area (Å²) in [5.41, 5.74) is 11.9. The van der Waals surface area contributed by atoms with Crippen LogP contribution in [0.4, 0.5) is 0 Å². The molecule has 1 aliphatic carbocycles. The van der Waals surface area contributed by atoms with Crippen LogP contribution >= 0.6 is 15.9 Å². The maximum absolute atomic E-state index is 6.40. The van der Waals surface area contributed by atoms with E-state index in [1.54, 1.807) is 0 Å². The van der Waals surface area contributed by atoms with Gasteiger partial charge in [0, 0.05) is 27.1 Å². The van der Waals surface area contributed by atoms with Crippen molar-refractivity contribution in [3.63, 3.8) is 0 Å². The van der Waals surface area contributed by atoms with Crippen molar-refractivity contribution in [2.24, 2.45) is 11.1 Å². The quantitative estimate of drug-likeness (QED) is 0.752. The second-order valence-electron chi connectivity index (χ2n) is 6.31. The number of halogens is 1. The minimum Gasteiger partial charge on any atom is -0.358 e. The molecule has 2 aromatic rings. The first-order chi connectivity index (χ1) is 8.37. The van der Waals surface area contributed by atoms with E-state index in [2.05, 4.69) is 53.8 Å². The minimum absolute atomic E-state index is 0.145. The molecule has 0 radical (unpaired) electrons. The largest absolute Gasteiger partial charge is 0.358 e. The number of fused-ring (bicyclic) bond motifs is 3. The lowest BCUT2D eigenvalue weighted by Gasteiger charge is -2.33. The van der Waals surface area contributed by atoms with Gasteiger partial charge in [0.1, 0.15) is 0 Å². The summed E-state index contributed by atoms with van der Waals surface area (Å²) in [5, 5.41) is 1.29. The van der Waals surface area contributed by atoms with Crippen LogP contribution in [0.15, 0.2) is 16.6 Å². The van der Waals surface area contributed by atoms with Crippen molar-refractivity contribution in [2.75, 3.05) is 0 Å². The molecule has 3 rings (SSSR count). The van der Waals surface area contributed by atoms with Crippen molar-refractivity contribution >= 4 is 26.8 Å². The van der Waals surface area contributed by atoms with Gasteiger partial charge in [0.25, 0.3) is 0 Å². The molecule has 3 N–H and O–H groups in total. The fourth-order valence-corrected chi connectivity index (χ4v) is 3.89. The van der Waals surface area contributed by atoms with Crippen LogP contribution in [0.3, 0.4) is 0 Å².